The largest absolute Gasteiger partial charge is 0.383 e. The second-order valence-electron chi connectivity index (χ2n) is 2.49. The zero-order valence-corrected chi connectivity index (χ0v) is 6.08. The molecule has 0 saturated carbocycles. The summed E-state index contributed by atoms with van der Waals surface area (Å²) in [5.74, 6) is 0.596. The summed E-state index contributed by atoms with van der Waals surface area (Å²) in [5, 5.41) is 0. The van der Waals surface area contributed by atoms with Crippen molar-refractivity contribution in [1.29, 1.82) is 0 Å². The maximum absolute atomic E-state index is 5.63. The molecule has 2 heterocycles. The zero-order valence-electron chi connectivity index (χ0n) is 6.08. The fourth-order valence-electron chi connectivity index (χ4n) is 1.20. The maximum Gasteiger partial charge on any atom is 0.130 e. The van der Waals surface area contributed by atoms with E-state index < -0.39 is 0 Å². The van der Waals surface area contributed by atoms with Crippen LogP contribution >= 0.6 is 0 Å². The first kappa shape index (κ1) is 6.54. The monoisotopic (exact) mass is 151 g/mol. The van der Waals surface area contributed by atoms with Gasteiger partial charge in [0.2, 0.25) is 0 Å². The molecule has 0 aromatic carbocycles. The summed E-state index contributed by atoms with van der Waals surface area (Å²) in [6, 6.07) is 0. The van der Waals surface area contributed by atoms with Gasteiger partial charge in [-0.05, 0) is 0 Å². The predicted octanol–water partition coefficient (Wildman–Crippen LogP) is 0.131. The molecule has 0 saturated heterocycles. The Morgan fingerprint density at radius 1 is 1.45 bits per heavy atom. The van der Waals surface area contributed by atoms with Crippen LogP contribution in [0.25, 0.3) is 0 Å². The lowest BCUT2D eigenvalue weighted by molar-refractivity contribution is 0.107. The lowest BCUT2D eigenvalue weighted by Crippen LogP contribution is -2.14. The van der Waals surface area contributed by atoms with Gasteiger partial charge >= 0.3 is 0 Å². The van der Waals surface area contributed by atoms with Crippen LogP contribution < -0.4 is 5.73 Å². The Morgan fingerprint density at radius 2 is 2.36 bits per heavy atom. The molecular formula is C7H9N3O. The molecule has 0 atom stereocenters. The number of rotatable bonds is 0. The third-order valence-electron chi connectivity index (χ3n) is 1.80. The van der Waals surface area contributed by atoms with E-state index in [9.17, 15) is 0 Å². The van der Waals surface area contributed by atoms with Crippen molar-refractivity contribution in [2.45, 2.75) is 13.0 Å². The lowest BCUT2D eigenvalue weighted by Gasteiger charge is -2.15. The molecule has 58 valence electrons. The predicted molar refractivity (Wildman–Crippen MR) is 39.8 cm³/mol. The van der Waals surface area contributed by atoms with Gasteiger partial charge in [-0.1, -0.05) is 0 Å². The molecule has 1 aromatic rings. The van der Waals surface area contributed by atoms with E-state index in [1.165, 1.54) is 6.33 Å². The molecule has 4 heteroatoms. The van der Waals surface area contributed by atoms with Crippen LogP contribution in [-0.4, -0.2) is 16.6 Å². The Balaban J connectivity index is 2.49. The molecule has 0 unspecified atom stereocenters. The molecule has 4 nitrogen and oxygen atoms in total. The first-order chi connectivity index (χ1) is 5.38. The molecule has 11 heavy (non-hydrogen) atoms. The molecule has 2 N–H and O–H groups in total. The van der Waals surface area contributed by atoms with Gasteiger partial charge in [-0.25, -0.2) is 9.97 Å². The van der Waals surface area contributed by atoms with Crippen molar-refractivity contribution in [1.82, 2.24) is 9.97 Å². The molecule has 1 aromatic heterocycles. The lowest BCUT2D eigenvalue weighted by atomic mass is 10.1. The van der Waals surface area contributed by atoms with Crippen molar-refractivity contribution in [2.24, 2.45) is 0 Å². The van der Waals surface area contributed by atoms with Crippen molar-refractivity contribution in [3.63, 3.8) is 0 Å². The number of nitrogens with zero attached hydrogens (tertiary/aromatic N) is 2. The van der Waals surface area contributed by atoms with E-state index in [1.807, 2.05) is 0 Å². The van der Waals surface area contributed by atoms with Crippen molar-refractivity contribution in [3.05, 3.63) is 17.6 Å². The summed E-state index contributed by atoms with van der Waals surface area (Å²) < 4.78 is 5.21. The summed E-state index contributed by atoms with van der Waals surface area (Å²) in [6.07, 6.45) is 2.31. The summed E-state index contributed by atoms with van der Waals surface area (Å²) in [5.41, 5.74) is 7.62. The van der Waals surface area contributed by atoms with E-state index >= 15 is 0 Å². The van der Waals surface area contributed by atoms with Gasteiger partial charge < -0.3 is 10.5 Å². The number of anilines is 1. The molecule has 1 aliphatic rings. The van der Waals surface area contributed by atoms with Crippen molar-refractivity contribution >= 4 is 5.82 Å². The molecule has 0 fully saturated rings. The highest BCUT2D eigenvalue weighted by atomic mass is 16.5. The number of aromatic nitrogens is 2. The molecule has 0 bridgehead atoms. The Labute approximate surface area is 64.4 Å². The van der Waals surface area contributed by atoms with Crippen molar-refractivity contribution in [2.75, 3.05) is 12.3 Å². The normalized spacial score (nSPS) is 16.0. The van der Waals surface area contributed by atoms with Crippen LogP contribution in [0.3, 0.4) is 0 Å². The van der Waals surface area contributed by atoms with Gasteiger partial charge in [0.15, 0.2) is 0 Å². The molecule has 0 spiro atoms. The zero-order chi connectivity index (χ0) is 7.68. The van der Waals surface area contributed by atoms with Crippen molar-refractivity contribution < 1.29 is 4.74 Å². The number of ether oxygens (including phenoxy) is 1. The Bertz CT molecular complexity index is 274. The molecule has 0 amide bonds. The number of hydrogen-bond donors (Lipinski definition) is 1. The van der Waals surface area contributed by atoms with E-state index in [-0.39, 0.29) is 0 Å². The van der Waals surface area contributed by atoms with Crippen LogP contribution in [0.2, 0.25) is 0 Å². The van der Waals surface area contributed by atoms with Gasteiger partial charge in [0.25, 0.3) is 0 Å². The third kappa shape index (κ3) is 1.05. The van der Waals surface area contributed by atoms with Gasteiger partial charge in [0.05, 0.1) is 18.9 Å². The van der Waals surface area contributed by atoms with Gasteiger partial charge in [-0.2, -0.15) is 0 Å². The number of fused-ring (bicyclic) bond motifs is 1. The fraction of sp³-hybridized carbons (Fsp3) is 0.429. The van der Waals surface area contributed by atoms with E-state index in [0.717, 1.165) is 24.3 Å². The van der Waals surface area contributed by atoms with Gasteiger partial charge in [0, 0.05) is 12.0 Å². The van der Waals surface area contributed by atoms with Crippen LogP contribution in [0.4, 0.5) is 5.82 Å². The topological polar surface area (TPSA) is 61.0 Å². The molecule has 1 aliphatic heterocycles. The fourth-order valence-corrected chi connectivity index (χ4v) is 1.20. The van der Waals surface area contributed by atoms with Crippen LogP contribution in [0.1, 0.15) is 11.3 Å². The average molecular weight is 151 g/mol. The second kappa shape index (κ2) is 2.47. The molecular weight excluding hydrogens is 142 g/mol. The van der Waals surface area contributed by atoms with Gasteiger partial charge in [-0.15, -0.1) is 0 Å². The molecule has 0 aliphatic carbocycles. The Kier molecular flexibility index (Phi) is 1.47. The average Bonchev–Trinajstić information content (AvgIpc) is 2.06. The van der Waals surface area contributed by atoms with Crippen LogP contribution in [0.5, 0.6) is 0 Å². The van der Waals surface area contributed by atoms with Crippen LogP contribution in [0.15, 0.2) is 6.33 Å². The molecule has 2 rings (SSSR count). The number of hydrogen-bond acceptors (Lipinski definition) is 4. The minimum atomic E-state index is 0.571. The minimum absolute atomic E-state index is 0.571. The highest BCUT2D eigenvalue weighted by Gasteiger charge is 2.13. The van der Waals surface area contributed by atoms with Crippen molar-refractivity contribution in [3.8, 4) is 0 Å². The minimum Gasteiger partial charge on any atom is -0.383 e. The SMILES string of the molecule is Nc1ncnc2c1CCOC2. The standard InChI is InChI=1S/C7H9N3O/c8-7-5-1-2-11-3-6(5)9-4-10-7/h4H,1-3H2,(H2,8,9,10). The smallest absolute Gasteiger partial charge is 0.130 e. The van der Waals surface area contributed by atoms with Crippen LogP contribution in [-0.2, 0) is 17.8 Å². The number of nitrogens with two attached hydrogens (primary N) is 1. The quantitative estimate of drug-likeness (QED) is 0.572. The summed E-state index contributed by atoms with van der Waals surface area (Å²) >= 11 is 0. The van der Waals surface area contributed by atoms with Gasteiger partial charge in [-0.3, -0.25) is 0 Å². The maximum atomic E-state index is 5.63. The highest BCUT2D eigenvalue weighted by molar-refractivity contribution is 5.41. The highest BCUT2D eigenvalue weighted by Crippen LogP contribution is 2.17. The van der Waals surface area contributed by atoms with E-state index in [4.69, 9.17) is 10.5 Å². The Morgan fingerprint density at radius 3 is 3.18 bits per heavy atom. The summed E-state index contributed by atoms with van der Waals surface area (Å²) in [4.78, 5) is 7.97. The summed E-state index contributed by atoms with van der Waals surface area (Å²) in [7, 11) is 0. The van der Waals surface area contributed by atoms with Crippen LogP contribution in [0, 0.1) is 0 Å². The second-order valence-corrected chi connectivity index (χ2v) is 2.49. The van der Waals surface area contributed by atoms with E-state index in [2.05, 4.69) is 9.97 Å². The summed E-state index contributed by atoms with van der Waals surface area (Å²) in [6.45, 7) is 1.30. The van der Waals surface area contributed by atoms with Gasteiger partial charge in [0.1, 0.15) is 12.1 Å². The molecule has 0 radical (unpaired) electrons. The van der Waals surface area contributed by atoms with E-state index in [1.54, 1.807) is 0 Å². The Hall–Kier alpha value is -1.16. The van der Waals surface area contributed by atoms with E-state index in [0.29, 0.717) is 12.4 Å². The third-order valence-corrected chi connectivity index (χ3v) is 1.80. The number of nitrogen functional groups attached to an aromatic ring is 1. The first-order valence-corrected chi connectivity index (χ1v) is 3.54. The first-order valence-electron chi connectivity index (χ1n) is 3.54.